The molecule has 0 saturated carbocycles. The highest BCUT2D eigenvalue weighted by molar-refractivity contribution is 5.77. The van der Waals surface area contributed by atoms with Crippen molar-refractivity contribution in [3.8, 4) is 5.75 Å². The molecule has 0 aromatic heterocycles. The zero-order valence-corrected chi connectivity index (χ0v) is 15.7. The van der Waals surface area contributed by atoms with E-state index in [1.165, 1.54) is 15.9 Å². The smallest absolute Gasteiger partial charge is 0.275 e. The molecule has 0 spiro atoms. The number of methoxy groups -OCH3 is 1. The third-order valence-electron chi connectivity index (χ3n) is 4.89. The van der Waals surface area contributed by atoms with Gasteiger partial charge in [-0.3, -0.25) is 4.79 Å². The van der Waals surface area contributed by atoms with Gasteiger partial charge in [0.25, 0.3) is 5.91 Å². The van der Waals surface area contributed by atoms with Crippen molar-refractivity contribution in [1.82, 2.24) is 5.32 Å². The van der Waals surface area contributed by atoms with Crippen LogP contribution in [0.5, 0.6) is 5.75 Å². The number of benzene rings is 1. The van der Waals surface area contributed by atoms with E-state index in [-0.39, 0.29) is 17.8 Å². The van der Waals surface area contributed by atoms with Gasteiger partial charge in [0.2, 0.25) is 0 Å². The average molecular weight is 353 g/mol. The van der Waals surface area contributed by atoms with Crippen molar-refractivity contribution in [2.75, 3.05) is 39.8 Å². The van der Waals surface area contributed by atoms with Crippen LogP contribution in [-0.4, -0.2) is 51.8 Å². The molecule has 6 heteroatoms. The second kappa shape index (κ2) is 9.73. The minimum absolute atomic E-state index is 0.145. The molecule has 0 unspecified atom stereocenters. The molecule has 0 radical (unpaired) electrons. The van der Waals surface area contributed by atoms with Crippen LogP contribution in [0.15, 0.2) is 18.2 Å². The molecule has 1 aliphatic rings. The first-order chi connectivity index (χ1) is 12.0. The third-order valence-corrected chi connectivity index (χ3v) is 4.89. The van der Waals surface area contributed by atoms with E-state index in [1.807, 2.05) is 0 Å². The summed E-state index contributed by atoms with van der Waals surface area (Å²) in [5, 5.41) is 3.08. The monoisotopic (exact) mass is 353 g/mol. The summed E-state index contributed by atoms with van der Waals surface area (Å²) in [5.74, 6) is 0.663. The SMILES string of the molecule is CCC[C@@H](C)NC(=O)C[NH+]1CC[NH+](Cc2cc(F)ccc2OC)CC1. The fourth-order valence-electron chi connectivity index (χ4n) is 3.52. The molecule has 140 valence electrons. The highest BCUT2D eigenvalue weighted by Crippen LogP contribution is 2.18. The third kappa shape index (κ3) is 6.29. The topological polar surface area (TPSA) is 47.2 Å². The molecule has 1 atom stereocenters. The number of halogens is 1. The molecule has 2 rings (SSSR count). The molecule has 1 saturated heterocycles. The quantitative estimate of drug-likeness (QED) is 0.586. The Morgan fingerprint density at radius 2 is 1.96 bits per heavy atom. The summed E-state index contributed by atoms with van der Waals surface area (Å²) in [6, 6.07) is 4.93. The van der Waals surface area contributed by atoms with E-state index in [0.717, 1.165) is 56.9 Å². The number of nitrogens with one attached hydrogen (secondary N) is 3. The Labute approximate surface area is 150 Å². The number of rotatable bonds is 8. The zero-order valence-electron chi connectivity index (χ0n) is 15.7. The van der Waals surface area contributed by atoms with Crippen molar-refractivity contribution in [2.45, 2.75) is 39.3 Å². The van der Waals surface area contributed by atoms with E-state index in [0.29, 0.717) is 6.54 Å². The normalized spacial score (nSPS) is 21.6. The van der Waals surface area contributed by atoms with Gasteiger partial charge in [0.15, 0.2) is 6.54 Å². The number of piperazine rings is 1. The molecule has 1 aromatic rings. The first-order valence-corrected chi connectivity index (χ1v) is 9.30. The minimum Gasteiger partial charge on any atom is -0.496 e. The van der Waals surface area contributed by atoms with Crippen LogP contribution in [0.4, 0.5) is 4.39 Å². The minimum atomic E-state index is -0.225. The molecule has 1 aliphatic heterocycles. The Morgan fingerprint density at radius 3 is 2.60 bits per heavy atom. The Bertz CT molecular complexity index is 560. The molecule has 25 heavy (non-hydrogen) atoms. The van der Waals surface area contributed by atoms with Crippen molar-refractivity contribution in [1.29, 1.82) is 0 Å². The molecule has 0 aliphatic carbocycles. The van der Waals surface area contributed by atoms with Crippen LogP contribution < -0.4 is 19.9 Å². The Morgan fingerprint density at radius 1 is 1.28 bits per heavy atom. The van der Waals surface area contributed by atoms with Crippen molar-refractivity contribution in [2.24, 2.45) is 0 Å². The predicted molar refractivity (Wildman–Crippen MR) is 95.4 cm³/mol. The van der Waals surface area contributed by atoms with E-state index in [4.69, 9.17) is 4.74 Å². The summed E-state index contributed by atoms with van der Waals surface area (Å²) in [5.41, 5.74) is 0.909. The summed E-state index contributed by atoms with van der Waals surface area (Å²) in [6.45, 7) is 9.37. The van der Waals surface area contributed by atoms with Gasteiger partial charge in [0, 0.05) is 6.04 Å². The summed E-state index contributed by atoms with van der Waals surface area (Å²) in [7, 11) is 1.62. The van der Waals surface area contributed by atoms with Gasteiger partial charge < -0.3 is 19.9 Å². The van der Waals surface area contributed by atoms with Crippen LogP contribution in [0.25, 0.3) is 0 Å². The lowest BCUT2D eigenvalue weighted by atomic mass is 10.1. The van der Waals surface area contributed by atoms with Gasteiger partial charge in [0.05, 0.1) is 12.7 Å². The molecule has 1 aromatic carbocycles. The summed E-state index contributed by atoms with van der Waals surface area (Å²) >= 11 is 0. The van der Waals surface area contributed by atoms with Gasteiger partial charge >= 0.3 is 0 Å². The van der Waals surface area contributed by atoms with Crippen molar-refractivity contribution >= 4 is 5.91 Å². The average Bonchev–Trinajstić information content (AvgIpc) is 2.57. The van der Waals surface area contributed by atoms with Crippen LogP contribution in [0.3, 0.4) is 0 Å². The molecule has 1 fully saturated rings. The van der Waals surface area contributed by atoms with Crippen LogP contribution in [0.1, 0.15) is 32.3 Å². The summed E-state index contributed by atoms with van der Waals surface area (Å²) in [4.78, 5) is 14.8. The van der Waals surface area contributed by atoms with Gasteiger partial charge in [-0.15, -0.1) is 0 Å². The molecule has 5 nitrogen and oxygen atoms in total. The number of carbonyl (C=O) groups is 1. The highest BCUT2D eigenvalue weighted by Gasteiger charge is 2.26. The standard InChI is InChI=1S/C19H30FN3O2/c1-4-5-15(2)21-19(24)14-23-10-8-22(9-11-23)13-16-12-17(20)6-7-18(16)25-3/h6-7,12,15H,4-5,8-11,13-14H2,1-3H3,(H,21,24)/p+2/t15-/m1/s1. The predicted octanol–water partition coefficient (Wildman–Crippen LogP) is -0.577. The maximum atomic E-state index is 13.5. The molecule has 3 N–H and O–H groups in total. The lowest BCUT2D eigenvalue weighted by Crippen LogP contribution is -3.28. The number of quaternary nitrogens is 2. The van der Waals surface area contributed by atoms with Crippen LogP contribution in [0.2, 0.25) is 0 Å². The zero-order chi connectivity index (χ0) is 18.2. The Kier molecular flexibility index (Phi) is 7.65. The van der Waals surface area contributed by atoms with Gasteiger partial charge in [-0.05, 0) is 31.5 Å². The lowest BCUT2D eigenvalue weighted by molar-refractivity contribution is -1.02. The molecular weight excluding hydrogens is 321 g/mol. The van der Waals surface area contributed by atoms with E-state index < -0.39 is 0 Å². The molecule has 0 bridgehead atoms. The summed E-state index contributed by atoms with van der Waals surface area (Å²) in [6.07, 6.45) is 2.11. The number of carbonyl (C=O) groups excluding carboxylic acids is 1. The number of ether oxygens (including phenoxy) is 1. The van der Waals surface area contributed by atoms with E-state index >= 15 is 0 Å². The fourth-order valence-corrected chi connectivity index (χ4v) is 3.52. The van der Waals surface area contributed by atoms with Crippen LogP contribution in [0, 0.1) is 5.82 Å². The maximum Gasteiger partial charge on any atom is 0.275 e. The highest BCUT2D eigenvalue weighted by atomic mass is 19.1. The van der Waals surface area contributed by atoms with Gasteiger partial charge in [-0.1, -0.05) is 13.3 Å². The van der Waals surface area contributed by atoms with Crippen molar-refractivity contribution in [3.63, 3.8) is 0 Å². The fraction of sp³-hybridized carbons (Fsp3) is 0.632. The molecular formula is C19H32FN3O2+2. The lowest BCUT2D eigenvalue weighted by Gasteiger charge is -2.30. The number of amides is 1. The second-order valence-corrected chi connectivity index (χ2v) is 7.07. The van der Waals surface area contributed by atoms with E-state index in [1.54, 1.807) is 19.2 Å². The van der Waals surface area contributed by atoms with Crippen molar-refractivity contribution in [3.05, 3.63) is 29.6 Å². The van der Waals surface area contributed by atoms with Gasteiger partial charge in [-0.2, -0.15) is 0 Å². The first kappa shape index (κ1) is 19.7. The second-order valence-electron chi connectivity index (χ2n) is 7.07. The largest absolute Gasteiger partial charge is 0.496 e. The molecule has 1 amide bonds. The first-order valence-electron chi connectivity index (χ1n) is 9.30. The van der Waals surface area contributed by atoms with Crippen molar-refractivity contribution < 1.29 is 23.7 Å². The molecule has 1 heterocycles. The number of hydrogen-bond donors (Lipinski definition) is 3. The Hall–Kier alpha value is -1.66. The Balaban J connectivity index is 1.78. The van der Waals surface area contributed by atoms with Gasteiger partial charge in [0.1, 0.15) is 44.3 Å². The van der Waals surface area contributed by atoms with E-state index in [2.05, 4.69) is 19.2 Å². The van der Waals surface area contributed by atoms with Gasteiger partial charge in [-0.25, -0.2) is 4.39 Å². The van der Waals surface area contributed by atoms with E-state index in [9.17, 15) is 9.18 Å². The number of hydrogen-bond acceptors (Lipinski definition) is 2. The van der Waals surface area contributed by atoms with Crippen LogP contribution in [-0.2, 0) is 11.3 Å². The maximum absolute atomic E-state index is 13.5. The summed E-state index contributed by atoms with van der Waals surface area (Å²) < 4.78 is 18.8. The van der Waals surface area contributed by atoms with Crippen LogP contribution >= 0.6 is 0 Å².